The van der Waals surface area contributed by atoms with E-state index in [4.69, 9.17) is 9.47 Å². The van der Waals surface area contributed by atoms with E-state index in [0.717, 1.165) is 50.4 Å². The van der Waals surface area contributed by atoms with Crippen LogP contribution in [0.5, 0.6) is 0 Å². The van der Waals surface area contributed by atoms with Crippen LogP contribution in [0.15, 0.2) is 0 Å². The van der Waals surface area contributed by atoms with Gasteiger partial charge >= 0.3 is 11.9 Å². The van der Waals surface area contributed by atoms with Gasteiger partial charge in [0.2, 0.25) is 0 Å². The second kappa shape index (κ2) is 24.6. The molecule has 0 aliphatic heterocycles. The second-order valence-electron chi connectivity index (χ2n) is 11.0. The number of carbonyl (C=O) groups is 2. The van der Waals surface area contributed by atoms with Crippen molar-refractivity contribution in [3.8, 4) is 0 Å². The summed E-state index contributed by atoms with van der Waals surface area (Å²) in [6.07, 6.45) is 20.1. The van der Waals surface area contributed by atoms with E-state index in [-0.39, 0.29) is 25.2 Å². The lowest BCUT2D eigenvalue weighted by atomic mass is 10.00. The van der Waals surface area contributed by atoms with Crippen LogP contribution in [0.1, 0.15) is 150 Å². The molecule has 0 fully saturated rings. The van der Waals surface area contributed by atoms with Gasteiger partial charge in [0.25, 0.3) is 0 Å². The highest BCUT2D eigenvalue weighted by molar-refractivity contribution is 5.69. The second-order valence-corrected chi connectivity index (χ2v) is 11.0. The minimum Gasteiger partial charge on any atom is -0.463 e. The van der Waals surface area contributed by atoms with Gasteiger partial charge in [0.05, 0.1) is 0 Å². The molecule has 0 amide bonds. The lowest BCUT2D eigenvalue weighted by Crippen LogP contribution is -2.25. The van der Waals surface area contributed by atoms with Gasteiger partial charge in [0.1, 0.15) is 19.3 Å². The van der Waals surface area contributed by atoms with E-state index in [1.165, 1.54) is 70.6 Å². The van der Waals surface area contributed by atoms with Crippen molar-refractivity contribution in [2.75, 3.05) is 13.2 Å². The van der Waals surface area contributed by atoms with Crippen LogP contribution in [0.25, 0.3) is 0 Å². The summed E-state index contributed by atoms with van der Waals surface area (Å²) < 4.78 is 10.2. The monoisotopic (exact) mass is 498 g/mol. The number of hydrogen-bond donors (Lipinski definition) is 1. The molecule has 0 saturated carbocycles. The highest BCUT2D eigenvalue weighted by Crippen LogP contribution is 2.15. The molecule has 0 aromatic rings. The molecule has 1 N–H and O–H groups in total. The largest absolute Gasteiger partial charge is 0.463 e. The zero-order valence-corrected chi connectivity index (χ0v) is 23.7. The van der Waals surface area contributed by atoms with Gasteiger partial charge in [-0.05, 0) is 24.7 Å². The minimum absolute atomic E-state index is 0.112. The Labute approximate surface area is 217 Å². The molecule has 0 rings (SSSR count). The number of esters is 2. The zero-order chi connectivity index (χ0) is 26.2. The Hall–Kier alpha value is -1.10. The molecule has 0 radical (unpaired) electrons. The molecule has 208 valence electrons. The van der Waals surface area contributed by atoms with E-state index >= 15 is 0 Å². The maximum Gasteiger partial charge on any atom is 0.305 e. The molecule has 1 unspecified atom stereocenters. The van der Waals surface area contributed by atoms with Gasteiger partial charge in [0.15, 0.2) is 0 Å². The van der Waals surface area contributed by atoms with Gasteiger partial charge < -0.3 is 14.6 Å². The maximum absolute atomic E-state index is 11.8. The fourth-order valence-corrected chi connectivity index (χ4v) is 4.13. The molecule has 35 heavy (non-hydrogen) atoms. The first-order chi connectivity index (χ1) is 16.8. The molecule has 0 aliphatic carbocycles. The topological polar surface area (TPSA) is 72.8 Å². The van der Waals surface area contributed by atoms with Crippen LogP contribution in [-0.4, -0.2) is 36.4 Å². The maximum atomic E-state index is 11.8. The van der Waals surface area contributed by atoms with Crippen molar-refractivity contribution in [1.82, 2.24) is 0 Å². The number of rotatable bonds is 25. The highest BCUT2D eigenvalue weighted by atomic mass is 16.6. The average Bonchev–Trinajstić information content (AvgIpc) is 2.83. The van der Waals surface area contributed by atoms with Crippen LogP contribution < -0.4 is 0 Å². The molecule has 5 nitrogen and oxygen atoms in total. The van der Waals surface area contributed by atoms with Crippen LogP contribution in [0.3, 0.4) is 0 Å². The molecule has 0 heterocycles. The smallest absolute Gasteiger partial charge is 0.305 e. The Morgan fingerprint density at radius 1 is 0.600 bits per heavy atom. The Balaban J connectivity index is 3.47. The molecule has 0 bridgehead atoms. The van der Waals surface area contributed by atoms with Crippen molar-refractivity contribution in [1.29, 1.82) is 0 Å². The van der Waals surface area contributed by atoms with Gasteiger partial charge in [-0.15, -0.1) is 0 Å². The molecular formula is C30H58O5. The number of ether oxygens (including phenoxy) is 2. The number of aliphatic hydroxyl groups is 1. The Morgan fingerprint density at radius 3 is 1.37 bits per heavy atom. The Kier molecular flexibility index (Phi) is 23.8. The summed E-state index contributed by atoms with van der Waals surface area (Å²) in [7, 11) is 0. The fraction of sp³-hybridized carbons (Fsp3) is 0.933. The van der Waals surface area contributed by atoms with E-state index in [1.807, 2.05) is 0 Å². The predicted octanol–water partition coefficient (Wildman–Crippen LogP) is 8.16. The molecule has 0 aromatic carbocycles. The molecule has 0 spiro atoms. The van der Waals surface area contributed by atoms with Crippen molar-refractivity contribution < 1.29 is 24.2 Å². The molecule has 0 aromatic heterocycles. The minimum atomic E-state index is -0.955. The summed E-state index contributed by atoms with van der Waals surface area (Å²) in [5, 5.41) is 9.90. The number of carbonyl (C=O) groups excluding carboxylic acids is 2. The van der Waals surface area contributed by atoms with Crippen LogP contribution in [-0.2, 0) is 19.1 Å². The van der Waals surface area contributed by atoms with Crippen LogP contribution in [0.4, 0.5) is 0 Å². The number of aliphatic hydroxyl groups excluding tert-OH is 1. The van der Waals surface area contributed by atoms with E-state index in [1.54, 1.807) is 0 Å². The van der Waals surface area contributed by atoms with E-state index in [9.17, 15) is 14.7 Å². The predicted molar refractivity (Wildman–Crippen MR) is 145 cm³/mol. The van der Waals surface area contributed by atoms with Crippen molar-refractivity contribution >= 4 is 11.9 Å². The first kappa shape index (κ1) is 33.9. The third-order valence-corrected chi connectivity index (χ3v) is 6.81. The number of hydrogen-bond acceptors (Lipinski definition) is 5. The number of unbranched alkanes of at least 4 members (excludes halogenated alkanes) is 12. The van der Waals surface area contributed by atoms with Crippen LogP contribution in [0, 0.1) is 11.8 Å². The van der Waals surface area contributed by atoms with Crippen molar-refractivity contribution in [3.05, 3.63) is 0 Å². The van der Waals surface area contributed by atoms with Gasteiger partial charge in [-0.1, -0.05) is 124 Å². The Bertz CT molecular complexity index is 491. The van der Waals surface area contributed by atoms with Gasteiger partial charge in [0, 0.05) is 12.8 Å². The van der Waals surface area contributed by atoms with E-state index in [2.05, 4.69) is 27.7 Å². The fourth-order valence-electron chi connectivity index (χ4n) is 4.13. The summed E-state index contributed by atoms with van der Waals surface area (Å²) in [6, 6.07) is 0. The van der Waals surface area contributed by atoms with Gasteiger partial charge in [-0.2, -0.15) is 0 Å². The summed E-state index contributed by atoms with van der Waals surface area (Å²) in [4.78, 5) is 23.6. The first-order valence-corrected chi connectivity index (χ1v) is 14.8. The molecule has 0 aliphatic rings. The summed E-state index contributed by atoms with van der Waals surface area (Å²) in [5.41, 5.74) is 0. The van der Waals surface area contributed by atoms with Crippen LogP contribution >= 0.6 is 0 Å². The lowest BCUT2D eigenvalue weighted by Gasteiger charge is -2.12. The standard InChI is InChI=1S/C30H58O5/c1-5-27(4)21-17-13-10-11-15-19-23-30(33)35-25-28(31)24-34-29(32)22-18-14-9-7-6-8-12-16-20-26(2)3/h26-28,31H,5-25H2,1-4H3/t27?,28-/m0/s1. The zero-order valence-electron chi connectivity index (χ0n) is 23.7. The third kappa shape index (κ3) is 25.8. The Morgan fingerprint density at radius 2 is 0.971 bits per heavy atom. The molecular weight excluding hydrogens is 440 g/mol. The molecule has 5 heteroatoms. The summed E-state index contributed by atoms with van der Waals surface area (Å²) in [5.74, 6) is 1.07. The van der Waals surface area contributed by atoms with E-state index in [0.29, 0.717) is 12.8 Å². The quantitative estimate of drug-likeness (QED) is 0.101. The van der Waals surface area contributed by atoms with Crippen molar-refractivity contribution in [2.24, 2.45) is 11.8 Å². The average molecular weight is 499 g/mol. The van der Waals surface area contributed by atoms with Gasteiger partial charge in [-0.3, -0.25) is 9.59 Å². The lowest BCUT2D eigenvalue weighted by molar-refractivity contribution is -0.152. The summed E-state index contributed by atoms with van der Waals surface area (Å²) >= 11 is 0. The van der Waals surface area contributed by atoms with Gasteiger partial charge in [-0.25, -0.2) is 0 Å². The summed E-state index contributed by atoms with van der Waals surface area (Å²) in [6.45, 7) is 8.89. The highest BCUT2D eigenvalue weighted by Gasteiger charge is 2.12. The van der Waals surface area contributed by atoms with Crippen LogP contribution in [0.2, 0.25) is 0 Å². The van der Waals surface area contributed by atoms with Crippen molar-refractivity contribution in [3.63, 3.8) is 0 Å². The third-order valence-electron chi connectivity index (χ3n) is 6.81. The first-order valence-electron chi connectivity index (χ1n) is 14.8. The van der Waals surface area contributed by atoms with E-state index < -0.39 is 6.10 Å². The molecule has 2 atom stereocenters. The van der Waals surface area contributed by atoms with Crippen molar-refractivity contribution in [2.45, 2.75) is 156 Å². The normalized spacial score (nSPS) is 13.1. The SMILES string of the molecule is CCC(C)CCCCCCCCC(=O)OC[C@@H](O)COC(=O)CCCCCCCCCCC(C)C. The molecule has 0 saturated heterocycles.